The molecule has 0 bridgehead atoms. The number of allylic oxidation sites excluding steroid dienone is 6. The normalized spacial score (nSPS) is 12.7. The molecule has 33 heavy (non-hydrogen) atoms. The van der Waals surface area contributed by atoms with E-state index in [1.165, 1.54) is 24.8 Å². The third-order valence-corrected chi connectivity index (χ3v) is 7.00. The molecule has 3 aromatic rings. The SMILES string of the molecule is C\C=C(C)/C=C\C(=C/C)c1ccc(Oc2ccc(S(=O)(=O)c3ccc(OC)cc3)cc2)cc1. The highest BCUT2D eigenvalue weighted by Gasteiger charge is 2.17. The van der Waals surface area contributed by atoms with Gasteiger partial charge in [-0.3, -0.25) is 0 Å². The highest BCUT2D eigenvalue weighted by atomic mass is 32.2. The Labute approximate surface area is 196 Å². The molecule has 0 saturated heterocycles. The second kappa shape index (κ2) is 10.8. The maximum absolute atomic E-state index is 12.9. The lowest BCUT2D eigenvalue weighted by Gasteiger charge is -2.09. The summed E-state index contributed by atoms with van der Waals surface area (Å²) < 4.78 is 36.7. The average molecular weight is 461 g/mol. The van der Waals surface area contributed by atoms with Crippen LogP contribution in [0.15, 0.2) is 112 Å². The van der Waals surface area contributed by atoms with Gasteiger partial charge in [-0.1, -0.05) is 42.0 Å². The molecule has 0 spiro atoms. The fraction of sp³-hybridized carbons (Fsp3) is 0.143. The quantitative estimate of drug-likeness (QED) is 0.332. The molecule has 0 amide bonds. The van der Waals surface area contributed by atoms with Crippen LogP contribution in [0.5, 0.6) is 17.2 Å². The van der Waals surface area contributed by atoms with E-state index < -0.39 is 9.84 Å². The number of methoxy groups -OCH3 is 1. The van der Waals surface area contributed by atoms with E-state index in [2.05, 4.69) is 31.2 Å². The zero-order valence-corrected chi connectivity index (χ0v) is 20.1. The fourth-order valence-electron chi connectivity index (χ4n) is 3.11. The number of hydrogen-bond donors (Lipinski definition) is 0. The summed E-state index contributed by atoms with van der Waals surface area (Å²) in [7, 11) is -2.07. The third kappa shape index (κ3) is 6.02. The van der Waals surface area contributed by atoms with Crippen LogP contribution >= 0.6 is 0 Å². The lowest BCUT2D eigenvalue weighted by atomic mass is 10.0. The van der Waals surface area contributed by atoms with Crippen molar-refractivity contribution in [2.24, 2.45) is 0 Å². The van der Waals surface area contributed by atoms with E-state index in [4.69, 9.17) is 9.47 Å². The number of sulfone groups is 1. The first-order valence-electron chi connectivity index (χ1n) is 10.6. The molecular formula is C28H28O4S. The van der Waals surface area contributed by atoms with Crippen LogP contribution in [-0.4, -0.2) is 15.5 Å². The van der Waals surface area contributed by atoms with Gasteiger partial charge in [-0.25, -0.2) is 8.42 Å². The molecular weight excluding hydrogens is 432 g/mol. The van der Waals surface area contributed by atoms with E-state index >= 15 is 0 Å². The fourth-order valence-corrected chi connectivity index (χ4v) is 4.37. The summed E-state index contributed by atoms with van der Waals surface area (Å²) in [5.41, 5.74) is 3.41. The molecule has 4 nitrogen and oxygen atoms in total. The summed E-state index contributed by atoms with van der Waals surface area (Å²) in [6.45, 7) is 6.09. The van der Waals surface area contributed by atoms with Crippen molar-refractivity contribution >= 4 is 15.4 Å². The van der Waals surface area contributed by atoms with Crippen molar-refractivity contribution in [2.75, 3.05) is 7.11 Å². The predicted octanol–water partition coefficient (Wildman–Crippen LogP) is 7.25. The minimum Gasteiger partial charge on any atom is -0.497 e. The zero-order chi connectivity index (χ0) is 23.8. The highest BCUT2D eigenvalue weighted by Crippen LogP contribution is 2.28. The number of hydrogen-bond acceptors (Lipinski definition) is 4. The van der Waals surface area contributed by atoms with Crippen LogP contribution in [0.3, 0.4) is 0 Å². The molecule has 0 radical (unpaired) electrons. The number of benzene rings is 3. The Morgan fingerprint density at radius 2 is 1.18 bits per heavy atom. The molecule has 0 heterocycles. The summed E-state index contributed by atoms with van der Waals surface area (Å²) in [6, 6.07) is 20.6. The Balaban J connectivity index is 1.72. The van der Waals surface area contributed by atoms with E-state index in [0.29, 0.717) is 17.2 Å². The van der Waals surface area contributed by atoms with E-state index in [-0.39, 0.29) is 9.79 Å². The standard InChI is InChI=1S/C28H28O4S/c1-5-21(3)7-8-22(6-2)23-9-11-25(12-10-23)32-26-15-19-28(20-16-26)33(29,30)27-17-13-24(31-4)14-18-27/h5-20H,1-4H3/b8-7-,21-5-,22-6+. The van der Waals surface area contributed by atoms with E-state index in [9.17, 15) is 8.42 Å². The molecule has 3 rings (SSSR count). The minimum atomic E-state index is -3.61. The van der Waals surface area contributed by atoms with Crippen molar-refractivity contribution in [3.8, 4) is 17.2 Å². The third-order valence-electron chi connectivity index (χ3n) is 5.22. The van der Waals surface area contributed by atoms with Crippen LogP contribution in [0, 0.1) is 0 Å². The lowest BCUT2D eigenvalue weighted by molar-refractivity contribution is 0.414. The number of ether oxygens (including phenoxy) is 2. The summed E-state index contributed by atoms with van der Waals surface area (Å²) >= 11 is 0. The smallest absolute Gasteiger partial charge is 0.206 e. The van der Waals surface area contributed by atoms with E-state index in [0.717, 1.165) is 11.1 Å². The van der Waals surface area contributed by atoms with E-state index in [1.54, 1.807) is 36.4 Å². The van der Waals surface area contributed by atoms with Gasteiger partial charge in [-0.05, 0) is 92.6 Å². The Morgan fingerprint density at radius 1 is 0.697 bits per heavy atom. The largest absolute Gasteiger partial charge is 0.497 e. The van der Waals surface area contributed by atoms with Gasteiger partial charge < -0.3 is 9.47 Å². The van der Waals surface area contributed by atoms with Crippen molar-refractivity contribution in [1.29, 1.82) is 0 Å². The summed E-state index contributed by atoms with van der Waals surface area (Å²) in [5.74, 6) is 1.84. The van der Waals surface area contributed by atoms with Gasteiger partial charge in [0.25, 0.3) is 0 Å². The van der Waals surface area contributed by atoms with Crippen LogP contribution in [0.4, 0.5) is 0 Å². The maximum Gasteiger partial charge on any atom is 0.206 e. The Morgan fingerprint density at radius 3 is 1.64 bits per heavy atom. The Kier molecular flexibility index (Phi) is 7.91. The molecule has 0 saturated carbocycles. The molecule has 0 fully saturated rings. The zero-order valence-electron chi connectivity index (χ0n) is 19.3. The highest BCUT2D eigenvalue weighted by molar-refractivity contribution is 7.91. The molecule has 3 aromatic carbocycles. The van der Waals surface area contributed by atoms with Crippen molar-refractivity contribution in [3.05, 3.63) is 108 Å². The van der Waals surface area contributed by atoms with Gasteiger partial charge in [0.2, 0.25) is 9.84 Å². The molecule has 0 aliphatic heterocycles. The Bertz CT molecular complexity index is 1260. The Hall–Kier alpha value is -3.57. The van der Waals surface area contributed by atoms with Gasteiger partial charge in [-0.15, -0.1) is 0 Å². The molecule has 0 atom stereocenters. The topological polar surface area (TPSA) is 52.6 Å². The lowest BCUT2D eigenvalue weighted by Crippen LogP contribution is -2.01. The van der Waals surface area contributed by atoms with Crippen LogP contribution in [0.1, 0.15) is 26.3 Å². The van der Waals surface area contributed by atoms with Gasteiger partial charge in [0, 0.05) is 0 Å². The summed E-state index contributed by atoms with van der Waals surface area (Å²) in [6.07, 6.45) is 8.31. The average Bonchev–Trinajstić information content (AvgIpc) is 2.85. The molecule has 0 N–H and O–H groups in total. The molecule has 0 unspecified atom stereocenters. The van der Waals surface area contributed by atoms with Gasteiger partial charge >= 0.3 is 0 Å². The summed E-state index contributed by atoms with van der Waals surface area (Å²) in [4.78, 5) is 0.419. The van der Waals surface area contributed by atoms with Gasteiger partial charge in [-0.2, -0.15) is 0 Å². The van der Waals surface area contributed by atoms with Gasteiger partial charge in [0.05, 0.1) is 16.9 Å². The first kappa shape index (κ1) is 24.1. The van der Waals surface area contributed by atoms with Crippen LogP contribution in [0.2, 0.25) is 0 Å². The monoisotopic (exact) mass is 460 g/mol. The van der Waals surface area contributed by atoms with Crippen LogP contribution < -0.4 is 9.47 Å². The summed E-state index contributed by atoms with van der Waals surface area (Å²) in [5, 5.41) is 0. The molecule has 0 aliphatic carbocycles. The second-order valence-corrected chi connectivity index (χ2v) is 9.34. The van der Waals surface area contributed by atoms with Gasteiger partial charge in [0.1, 0.15) is 17.2 Å². The first-order valence-corrected chi connectivity index (χ1v) is 12.1. The predicted molar refractivity (Wildman–Crippen MR) is 134 cm³/mol. The molecule has 170 valence electrons. The van der Waals surface area contributed by atoms with Crippen molar-refractivity contribution < 1.29 is 17.9 Å². The van der Waals surface area contributed by atoms with Crippen LogP contribution in [-0.2, 0) is 9.84 Å². The first-order chi connectivity index (χ1) is 15.9. The molecule has 0 aliphatic rings. The van der Waals surface area contributed by atoms with Crippen molar-refractivity contribution in [3.63, 3.8) is 0 Å². The van der Waals surface area contributed by atoms with Gasteiger partial charge in [0.15, 0.2) is 0 Å². The molecule has 5 heteroatoms. The van der Waals surface area contributed by atoms with E-state index in [1.807, 2.05) is 38.1 Å². The number of rotatable bonds is 8. The van der Waals surface area contributed by atoms with Crippen molar-refractivity contribution in [2.45, 2.75) is 30.6 Å². The maximum atomic E-state index is 12.9. The second-order valence-electron chi connectivity index (χ2n) is 7.39. The minimum absolute atomic E-state index is 0.205. The molecule has 0 aromatic heterocycles. The van der Waals surface area contributed by atoms with Crippen molar-refractivity contribution in [1.82, 2.24) is 0 Å². The van der Waals surface area contributed by atoms with Crippen LogP contribution in [0.25, 0.3) is 5.57 Å².